The third kappa shape index (κ3) is 6.78. The van der Waals surface area contributed by atoms with Crippen LogP contribution in [-0.2, 0) is 5.41 Å². The lowest BCUT2D eigenvalue weighted by molar-refractivity contribution is 0.794. The van der Waals surface area contributed by atoms with Crippen LogP contribution in [-0.4, -0.2) is 15.0 Å². The molecule has 0 radical (unpaired) electrons. The van der Waals surface area contributed by atoms with Crippen molar-refractivity contribution in [3.8, 4) is 89.8 Å². The summed E-state index contributed by atoms with van der Waals surface area (Å²) >= 11 is 0. The Morgan fingerprint density at radius 1 is 0.343 bits per heavy atom. The zero-order valence-electron chi connectivity index (χ0n) is 37.4. The molecule has 12 rings (SSSR count). The van der Waals surface area contributed by atoms with Crippen molar-refractivity contribution in [3.63, 3.8) is 0 Å². The molecule has 0 atom stereocenters. The Labute approximate surface area is 392 Å². The molecule has 67 heavy (non-hydrogen) atoms. The number of nitrogens with zero attached hydrogens (tertiary/aromatic N) is 3. The van der Waals surface area contributed by atoms with Crippen LogP contribution in [0.4, 0.5) is 0 Å². The normalized spacial score (nSPS) is 13.1. The fourth-order valence-electron chi connectivity index (χ4n) is 10.5. The molecule has 316 valence electrons. The molecule has 0 bridgehead atoms. The molecular weight excluding hydrogens is 811 g/mol. The number of fused-ring (bicyclic) bond motifs is 10. The van der Waals surface area contributed by atoms with Crippen molar-refractivity contribution in [1.82, 2.24) is 15.0 Å². The number of allylic oxidation sites excluding steroid dienone is 4. The molecule has 0 aliphatic heterocycles. The summed E-state index contributed by atoms with van der Waals surface area (Å²) in [5.41, 5.74) is 21.3. The Morgan fingerprint density at radius 3 is 1.19 bits per heavy atom. The van der Waals surface area contributed by atoms with Crippen LogP contribution in [0.25, 0.3) is 95.4 Å². The first-order chi connectivity index (χ1) is 33.1. The predicted molar refractivity (Wildman–Crippen MR) is 277 cm³/mol. The minimum Gasteiger partial charge on any atom is -0.208 e. The highest BCUT2D eigenvalue weighted by atomic mass is 15.0. The summed E-state index contributed by atoms with van der Waals surface area (Å²) < 4.78 is 0. The van der Waals surface area contributed by atoms with Gasteiger partial charge in [0, 0.05) is 16.7 Å². The molecule has 3 heteroatoms. The standard InChI is InChI=1S/C64H45N3/c1-3-4-20-42(2)47-35-48(43-21-8-5-9-22-43)38-51(36-47)62-65-61(66-63(67-62)52-39-49(44-23-10-6-11-24-44)37-50(40-52)45-25-12-7-13-26-45)46-33-34-56-55-29-16-19-32-59(55)64(60(56)41-46)57-30-17-14-27-53(57)54-28-15-18-31-58(54)64/h3-41H,1-2H3/b4-3-,42-20+. The monoisotopic (exact) mass is 855 g/mol. The third-order valence-corrected chi connectivity index (χ3v) is 13.6. The van der Waals surface area contributed by atoms with Crippen molar-refractivity contribution in [1.29, 1.82) is 0 Å². The first-order valence-electron chi connectivity index (χ1n) is 23.0. The van der Waals surface area contributed by atoms with Crippen LogP contribution in [0.3, 0.4) is 0 Å². The molecule has 2 aliphatic rings. The van der Waals surface area contributed by atoms with E-state index in [9.17, 15) is 0 Å². The number of benzene rings is 9. The van der Waals surface area contributed by atoms with Crippen molar-refractivity contribution < 1.29 is 0 Å². The van der Waals surface area contributed by atoms with Gasteiger partial charge in [-0.3, -0.25) is 0 Å². The topological polar surface area (TPSA) is 38.7 Å². The summed E-state index contributed by atoms with van der Waals surface area (Å²) in [5, 5.41) is 0. The van der Waals surface area contributed by atoms with Gasteiger partial charge >= 0.3 is 0 Å². The van der Waals surface area contributed by atoms with E-state index in [0.717, 1.165) is 61.2 Å². The maximum absolute atomic E-state index is 5.48. The van der Waals surface area contributed by atoms with Crippen LogP contribution in [0.2, 0.25) is 0 Å². The van der Waals surface area contributed by atoms with Gasteiger partial charge in [0.2, 0.25) is 0 Å². The minimum atomic E-state index is -0.502. The molecule has 2 aliphatic carbocycles. The highest BCUT2D eigenvalue weighted by Crippen LogP contribution is 2.63. The van der Waals surface area contributed by atoms with Crippen molar-refractivity contribution >= 4 is 5.57 Å². The quantitative estimate of drug-likeness (QED) is 0.143. The third-order valence-electron chi connectivity index (χ3n) is 13.6. The van der Waals surface area contributed by atoms with Crippen LogP contribution >= 0.6 is 0 Å². The lowest BCUT2D eigenvalue weighted by Gasteiger charge is -2.30. The Kier molecular flexibility index (Phi) is 9.84. The summed E-state index contributed by atoms with van der Waals surface area (Å²) in [4.78, 5) is 16.4. The largest absolute Gasteiger partial charge is 0.208 e. The molecule has 3 nitrogen and oxygen atoms in total. The van der Waals surface area contributed by atoms with Crippen LogP contribution in [0, 0.1) is 0 Å². The number of aromatic nitrogens is 3. The van der Waals surface area contributed by atoms with Gasteiger partial charge in [0.05, 0.1) is 5.41 Å². The molecule has 9 aromatic carbocycles. The average Bonchev–Trinajstić information content (AvgIpc) is 3.87. The van der Waals surface area contributed by atoms with Crippen molar-refractivity contribution in [3.05, 3.63) is 264 Å². The van der Waals surface area contributed by atoms with Crippen LogP contribution in [0.5, 0.6) is 0 Å². The predicted octanol–water partition coefficient (Wildman–Crippen LogP) is 16.2. The summed E-state index contributed by atoms with van der Waals surface area (Å²) in [5.74, 6) is 1.84. The molecule has 1 aromatic heterocycles. The van der Waals surface area contributed by atoms with Gasteiger partial charge in [0.1, 0.15) is 0 Å². The Hall–Kier alpha value is -8.53. The summed E-state index contributed by atoms with van der Waals surface area (Å²) in [7, 11) is 0. The lowest BCUT2D eigenvalue weighted by atomic mass is 9.70. The van der Waals surface area contributed by atoms with Gasteiger partial charge < -0.3 is 0 Å². The van der Waals surface area contributed by atoms with E-state index >= 15 is 0 Å². The number of rotatable bonds is 8. The minimum absolute atomic E-state index is 0.502. The highest BCUT2D eigenvalue weighted by molar-refractivity contribution is 5.96. The van der Waals surface area contributed by atoms with E-state index in [1.807, 2.05) is 6.92 Å². The smallest absolute Gasteiger partial charge is 0.164 e. The SMILES string of the molecule is C/C=C\C=C(/C)c1cc(-c2ccccc2)cc(-c2nc(-c3cc(-c4ccccc4)cc(-c4ccccc4)c3)nc(-c3ccc4c(c3)C3(c5ccccc5-c5ccccc53)c3ccccc3-4)n2)c1. The van der Waals surface area contributed by atoms with E-state index in [4.69, 9.17) is 15.0 Å². The number of hydrogen-bond acceptors (Lipinski definition) is 3. The summed E-state index contributed by atoms with van der Waals surface area (Å²) in [6.45, 7) is 4.21. The highest BCUT2D eigenvalue weighted by Gasteiger charge is 2.51. The van der Waals surface area contributed by atoms with Gasteiger partial charge in [-0.05, 0) is 145 Å². The van der Waals surface area contributed by atoms with Crippen molar-refractivity contribution in [2.45, 2.75) is 19.3 Å². The van der Waals surface area contributed by atoms with E-state index < -0.39 is 5.41 Å². The van der Waals surface area contributed by atoms with Crippen molar-refractivity contribution in [2.24, 2.45) is 0 Å². The van der Waals surface area contributed by atoms with E-state index in [2.05, 4.69) is 244 Å². The second-order valence-corrected chi connectivity index (χ2v) is 17.5. The van der Waals surface area contributed by atoms with E-state index in [0.29, 0.717) is 17.5 Å². The zero-order valence-corrected chi connectivity index (χ0v) is 37.4. The van der Waals surface area contributed by atoms with Gasteiger partial charge in [0.15, 0.2) is 17.5 Å². The van der Waals surface area contributed by atoms with E-state index in [-0.39, 0.29) is 0 Å². The average molecular weight is 856 g/mol. The van der Waals surface area contributed by atoms with Crippen molar-refractivity contribution in [2.75, 3.05) is 0 Å². The first kappa shape index (κ1) is 40.0. The molecule has 0 fully saturated rings. The summed E-state index contributed by atoms with van der Waals surface area (Å²) in [6.07, 6.45) is 6.31. The van der Waals surface area contributed by atoms with E-state index in [1.165, 1.54) is 44.5 Å². The van der Waals surface area contributed by atoms with Gasteiger partial charge in [-0.25, -0.2) is 15.0 Å². The van der Waals surface area contributed by atoms with Gasteiger partial charge in [-0.15, -0.1) is 0 Å². The maximum Gasteiger partial charge on any atom is 0.164 e. The molecule has 0 amide bonds. The second-order valence-electron chi connectivity index (χ2n) is 17.5. The molecule has 0 N–H and O–H groups in total. The van der Waals surface area contributed by atoms with Crippen LogP contribution in [0.1, 0.15) is 41.7 Å². The van der Waals surface area contributed by atoms with Gasteiger partial charge in [-0.1, -0.05) is 194 Å². The lowest BCUT2D eigenvalue weighted by Crippen LogP contribution is -2.25. The second kappa shape index (κ2) is 16.5. The van der Waals surface area contributed by atoms with Gasteiger partial charge in [0.25, 0.3) is 0 Å². The van der Waals surface area contributed by atoms with Crippen LogP contribution in [0.15, 0.2) is 237 Å². The molecular formula is C64H45N3. The molecule has 10 aromatic rings. The zero-order chi connectivity index (χ0) is 44.9. The number of hydrogen-bond donors (Lipinski definition) is 0. The first-order valence-corrected chi connectivity index (χ1v) is 23.0. The Bertz CT molecular complexity index is 3460. The van der Waals surface area contributed by atoms with Gasteiger partial charge in [-0.2, -0.15) is 0 Å². The molecule has 0 saturated heterocycles. The molecule has 1 spiro atoms. The molecule has 1 heterocycles. The Balaban J connectivity index is 1.12. The Morgan fingerprint density at radius 2 is 0.716 bits per heavy atom. The molecule has 0 saturated carbocycles. The van der Waals surface area contributed by atoms with Crippen LogP contribution < -0.4 is 0 Å². The van der Waals surface area contributed by atoms with E-state index in [1.54, 1.807) is 0 Å². The fourth-order valence-corrected chi connectivity index (χ4v) is 10.5. The summed E-state index contributed by atoms with van der Waals surface area (Å²) in [6, 6.07) is 78.8. The maximum atomic E-state index is 5.48. The molecule has 0 unspecified atom stereocenters. The fraction of sp³-hybridized carbons (Fsp3) is 0.0469.